The van der Waals surface area contributed by atoms with E-state index in [1.807, 2.05) is 0 Å². The van der Waals surface area contributed by atoms with E-state index in [1.54, 1.807) is 23.1 Å². The van der Waals surface area contributed by atoms with Crippen molar-refractivity contribution in [2.45, 2.75) is 0 Å². The Balaban J connectivity index is 2.22. The van der Waals surface area contributed by atoms with E-state index < -0.39 is 0 Å². The van der Waals surface area contributed by atoms with Crippen LogP contribution in [0.5, 0.6) is 5.75 Å². The number of ether oxygens (including phenoxy) is 1. The molecule has 0 aromatic heterocycles. The van der Waals surface area contributed by atoms with Gasteiger partial charge in [-0.25, -0.2) is 0 Å². The van der Waals surface area contributed by atoms with Crippen molar-refractivity contribution in [1.29, 1.82) is 0 Å². The number of hydrogen-bond donors (Lipinski definition) is 1. The molecule has 0 bridgehead atoms. The van der Waals surface area contributed by atoms with E-state index in [9.17, 15) is 9.90 Å². The zero-order valence-electron chi connectivity index (χ0n) is 8.65. The van der Waals surface area contributed by atoms with E-state index in [2.05, 4.69) is 22.6 Å². The van der Waals surface area contributed by atoms with Crippen LogP contribution < -0.4 is 0 Å². The van der Waals surface area contributed by atoms with Gasteiger partial charge >= 0.3 is 0 Å². The molecule has 16 heavy (non-hydrogen) atoms. The van der Waals surface area contributed by atoms with E-state index >= 15 is 0 Å². The van der Waals surface area contributed by atoms with E-state index in [1.165, 1.54) is 0 Å². The molecule has 0 saturated carbocycles. The zero-order chi connectivity index (χ0) is 11.5. The first kappa shape index (κ1) is 11.7. The number of carbonyl (C=O) groups excluding carboxylic acids is 1. The van der Waals surface area contributed by atoms with Crippen molar-refractivity contribution in [3.8, 4) is 5.75 Å². The highest BCUT2D eigenvalue weighted by Crippen LogP contribution is 2.21. The van der Waals surface area contributed by atoms with E-state index in [4.69, 9.17) is 4.74 Å². The Morgan fingerprint density at radius 1 is 1.38 bits per heavy atom. The number of benzene rings is 1. The Kier molecular flexibility index (Phi) is 3.65. The molecule has 1 N–H and O–H groups in total. The van der Waals surface area contributed by atoms with Crippen molar-refractivity contribution in [3.05, 3.63) is 27.3 Å². The van der Waals surface area contributed by atoms with E-state index in [0.29, 0.717) is 31.9 Å². The molecule has 1 aromatic rings. The van der Waals surface area contributed by atoms with Gasteiger partial charge in [-0.3, -0.25) is 4.79 Å². The predicted octanol–water partition coefficient (Wildman–Crippen LogP) is 1.47. The fourth-order valence-corrected chi connectivity index (χ4v) is 2.11. The van der Waals surface area contributed by atoms with Gasteiger partial charge in [-0.05, 0) is 40.8 Å². The summed E-state index contributed by atoms with van der Waals surface area (Å²) in [7, 11) is 0. The number of amides is 1. The van der Waals surface area contributed by atoms with Crippen LogP contribution in [0, 0.1) is 3.57 Å². The maximum Gasteiger partial charge on any atom is 0.257 e. The van der Waals surface area contributed by atoms with Gasteiger partial charge in [-0.2, -0.15) is 0 Å². The summed E-state index contributed by atoms with van der Waals surface area (Å²) in [5, 5.41) is 9.65. The van der Waals surface area contributed by atoms with Crippen LogP contribution in [-0.4, -0.2) is 42.2 Å². The van der Waals surface area contributed by atoms with Gasteiger partial charge in [0.25, 0.3) is 5.91 Å². The molecule has 2 rings (SSSR count). The van der Waals surface area contributed by atoms with Crippen LogP contribution in [0.3, 0.4) is 0 Å². The second-order valence-electron chi connectivity index (χ2n) is 3.57. The average molecular weight is 333 g/mol. The molecule has 0 spiro atoms. The van der Waals surface area contributed by atoms with Gasteiger partial charge in [0.15, 0.2) is 0 Å². The molecule has 4 nitrogen and oxygen atoms in total. The van der Waals surface area contributed by atoms with Crippen LogP contribution in [0.4, 0.5) is 0 Å². The third-order valence-corrected chi connectivity index (χ3v) is 3.16. The minimum absolute atomic E-state index is 0.0388. The zero-order valence-corrected chi connectivity index (χ0v) is 10.8. The molecule has 1 aliphatic rings. The lowest BCUT2D eigenvalue weighted by Gasteiger charge is -2.27. The lowest BCUT2D eigenvalue weighted by Crippen LogP contribution is -2.40. The molecule has 1 aromatic carbocycles. The quantitative estimate of drug-likeness (QED) is 0.792. The molecule has 5 heteroatoms. The van der Waals surface area contributed by atoms with Gasteiger partial charge in [-0.15, -0.1) is 0 Å². The van der Waals surface area contributed by atoms with Gasteiger partial charge in [0.2, 0.25) is 0 Å². The number of phenolic OH excluding ortho intramolecular Hbond substituents is 1. The summed E-state index contributed by atoms with van der Waals surface area (Å²) in [5.74, 6) is -0.0868. The molecule has 1 heterocycles. The summed E-state index contributed by atoms with van der Waals surface area (Å²) in [6.07, 6.45) is 0. The monoisotopic (exact) mass is 333 g/mol. The molecule has 1 amide bonds. The predicted molar refractivity (Wildman–Crippen MR) is 67.5 cm³/mol. The molecule has 0 atom stereocenters. The van der Waals surface area contributed by atoms with Gasteiger partial charge in [0.05, 0.1) is 18.8 Å². The first-order valence-electron chi connectivity index (χ1n) is 5.04. The second kappa shape index (κ2) is 5.01. The Hall–Kier alpha value is -0.820. The van der Waals surface area contributed by atoms with E-state index in [0.717, 1.165) is 3.57 Å². The minimum atomic E-state index is -0.126. The standard InChI is InChI=1S/C11H12INO3/c12-8-1-2-10(14)9(7-8)11(15)13-3-5-16-6-4-13/h1-2,7,14H,3-6H2. The molecule has 1 fully saturated rings. The first-order valence-corrected chi connectivity index (χ1v) is 6.12. The van der Waals surface area contributed by atoms with E-state index in [-0.39, 0.29) is 11.7 Å². The van der Waals surface area contributed by atoms with Gasteiger partial charge < -0.3 is 14.7 Å². The number of halogens is 1. The summed E-state index contributed by atoms with van der Waals surface area (Å²) in [5.41, 5.74) is 0.369. The van der Waals surface area contributed by atoms with Crippen molar-refractivity contribution in [2.24, 2.45) is 0 Å². The van der Waals surface area contributed by atoms with Crippen molar-refractivity contribution < 1.29 is 14.6 Å². The largest absolute Gasteiger partial charge is 0.507 e. The van der Waals surface area contributed by atoms with Crippen LogP contribution >= 0.6 is 22.6 Å². The molecule has 1 aliphatic heterocycles. The van der Waals surface area contributed by atoms with Crippen molar-refractivity contribution in [2.75, 3.05) is 26.3 Å². The smallest absolute Gasteiger partial charge is 0.257 e. The maximum atomic E-state index is 12.1. The highest BCUT2D eigenvalue weighted by molar-refractivity contribution is 14.1. The molecule has 86 valence electrons. The fraction of sp³-hybridized carbons (Fsp3) is 0.364. The van der Waals surface area contributed by atoms with Crippen LogP contribution in [0.1, 0.15) is 10.4 Å². The third kappa shape index (κ3) is 2.46. The van der Waals surface area contributed by atoms with Gasteiger partial charge in [0, 0.05) is 16.7 Å². The normalized spacial score (nSPS) is 16.2. The molecule has 0 radical (unpaired) electrons. The summed E-state index contributed by atoms with van der Waals surface area (Å²) in [4.78, 5) is 13.8. The molecule has 0 unspecified atom stereocenters. The molecule has 1 saturated heterocycles. The fourth-order valence-electron chi connectivity index (χ4n) is 1.62. The number of aromatic hydroxyl groups is 1. The van der Waals surface area contributed by atoms with Crippen LogP contribution in [-0.2, 0) is 4.74 Å². The topological polar surface area (TPSA) is 49.8 Å². The minimum Gasteiger partial charge on any atom is -0.507 e. The van der Waals surface area contributed by atoms with Gasteiger partial charge in [-0.1, -0.05) is 0 Å². The summed E-state index contributed by atoms with van der Waals surface area (Å²) in [6.45, 7) is 2.31. The lowest BCUT2D eigenvalue weighted by molar-refractivity contribution is 0.0301. The van der Waals surface area contributed by atoms with Crippen LogP contribution in [0.25, 0.3) is 0 Å². The molecular weight excluding hydrogens is 321 g/mol. The first-order chi connectivity index (χ1) is 7.68. The summed E-state index contributed by atoms with van der Waals surface area (Å²) < 4.78 is 6.12. The summed E-state index contributed by atoms with van der Waals surface area (Å²) in [6, 6.07) is 5.02. The van der Waals surface area contributed by atoms with Crippen LogP contribution in [0.15, 0.2) is 18.2 Å². The molecule has 0 aliphatic carbocycles. The molecular formula is C11H12INO3. The Morgan fingerprint density at radius 3 is 2.75 bits per heavy atom. The number of nitrogens with zero attached hydrogens (tertiary/aromatic N) is 1. The Bertz CT molecular complexity index is 402. The number of phenols is 1. The lowest BCUT2D eigenvalue weighted by atomic mass is 10.1. The maximum absolute atomic E-state index is 12.1. The highest BCUT2D eigenvalue weighted by atomic mass is 127. The Labute approximate surface area is 107 Å². The number of morpholine rings is 1. The third-order valence-electron chi connectivity index (χ3n) is 2.49. The van der Waals surface area contributed by atoms with Gasteiger partial charge in [0.1, 0.15) is 5.75 Å². The average Bonchev–Trinajstić information content (AvgIpc) is 2.32. The van der Waals surface area contributed by atoms with Crippen molar-refractivity contribution in [1.82, 2.24) is 4.90 Å². The second-order valence-corrected chi connectivity index (χ2v) is 4.81. The van der Waals surface area contributed by atoms with Crippen molar-refractivity contribution in [3.63, 3.8) is 0 Å². The highest BCUT2D eigenvalue weighted by Gasteiger charge is 2.21. The number of carbonyl (C=O) groups is 1. The van der Waals surface area contributed by atoms with Crippen molar-refractivity contribution >= 4 is 28.5 Å². The summed E-state index contributed by atoms with van der Waals surface area (Å²) >= 11 is 2.12. The Morgan fingerprint density at radius 2 is 2.06 bits per heavy atom. The number of hydrogen-bond acceptors (Lipinski definition) is 3. The van der Waals surface area contributed by atoms with Crippen LogP contribution in [0.2, 0.25) is 0 Å². The SMILES string of the molecule is O=C(c1cc(I)ccc1O)N1CCOCC1. The number of rotatable bonds is 1.